The number of carbonyl (C=O) groups excluding carboxylic acids is 2. The molecule has 0 N–H and O–H groups in total. The molecule has 5 nitrogen and oxygen atoms in total. The largest absolute Gasteiger partial charge is 0.341 e. The van der Waals surface area contributed by atoms with Gasteiger partial charge in [-0.2, -0.15) is 5.10 Å². The maximum absolute atomic E-state index is 12.7. The van der Waals surface area contributed by atoms with Crippen molar-refractivity contribution in [3.05, 3.63) is 58.9 Å². The molecule has 26 heavy (non-hydrogen) atoms. The van der Waals surface area contributed by atoms with E-state index in [4.69, 9.17) is 0 Å². The number of aromatic nitrogens is 2. The summed E-state index contributed by atoms with van der Waals surface area (Å²) in [6, 6.07) is 9.89. The van der Waals surface area contributed by atoms with Gasteiger partial charge in [0.05, 0.1) is 12.1 Å². The molecule has 0 fully saturated rings. The zero-order chi connectivity index (χ0) is 18.7. The summed E-state index contributed by atoms with van der Waals surface area (Å²) in [6.07, 6.45) is 3.37. The Morgan fingerprint density at radius 3 is 2.62 bits per heavy atom. The molecule has 1 aromatic heterocycles. The van der Waals surface area contributed by atoms with E-state index in [0.29, 0.717) is 18.5 Å². The van der Waals surface area contributed by atoms with E-state index in [1.807, 2.05) is 55.1 Å². The van der Waals surface area contributed by atoms with Crippen molar-refractivity contribution in [3.63, 3.8) is 0 Å². The normalized spacial score (nSPS) is 14.2. The van der Waals surface area contributed by atoms with Crippen LogP contribution >= 0.6 is 0 Å². The molecule has 0 spiro atoms. The summed E-state index contributed by atoms with van der Waals surface area (Å²) >= 11 is 0. The molecule has 0 bridgehead atoms. The van der Waals surface area contributed by atoms with Gasteiger partial charge in [-0.25, -0.2) is 0 Å². The number of hydrogen-bond acceptors (Lipinski definition) is 3. The lowest BCUT2D eigenvalue weighted by Gasteiger charge is -2.17. The van der Waals surface area contributed by atoms with Crippen molar-refractivity contribution in [1.29, 1.82) is 0 Å². The molecule has 2 aromatic rings. The SMILES string of the molecule is CCn1cc(CN(C)C(=O)CC2=C(c3ccccc3)CCC2=O)c(C)n1. The third-order valence-electron chi connectivity index (χ3n) is 4.96. The first-order valence-electron chi connectivity index (χ1n) is 9.07. The predicted octanol–water partition coefficient (Wildman–Crippen LogP) is 3.38. The maximum Gasteiger partial charge on any atom is 0.227 e. The third-order valence-corrected chi connectivity index (χ3v) is 4.96. The molecule has 5 heteroatoms. The van der Waals surface area contributed by atoms with E-state index in [1.54, 1.807) is 11.9 Å². The van der Waals surface area contributed by atoms with Crippen LogP contribution in [0.5, 0.6) is 0 Å². The molecule has 0 saturated carbocycles. The zero-order valence-corrected chi connectivity index (χ0v) is 15.7. The molecule has 0 radical (unpaired) electrons. The minimum absolute atomic E-state index is 0.0349. The van der Waals surface area contributed by atoms with Gasteiger partial charge in [-0.3, -0.25) is 14.3 Å². The highest BCUT2D eigenvalue weighted by molar-refractivity contribution is 6.10. The molecule has 0 aliphatic heterocycles. The predicted molar refractivity (Wildman–Crippen MR) is 101 cm³/mol. The van der Waals surface area contributed by atoms with Crippen molar-refractivity contribution in [1.82, 2.24) is 14.7 Å². The number of allylic oxidation sites excluding steroid dienone is 1. The lowest BCUT2D eigenvalue weighted by molar-refractivity contribution is -0.130. The van der Waals surface area contributed by atoms with Crippen LogP contribution in [0, 0.1) is 6.92 Å². The summed E-state index contributed by atoms with van der Waals surface area (Å²) in [7, 11) is 1.78. The first kappa shape index (κ1) is 18.1. The molecule has 0 unspecified atom stereocenters. The number of hydrogen-bond donors (Lipinski definition) is 0. The monoisotopic (exact) mass is 351 g/mol. The fraction of sp³-hybridized carbons (Fsp3) is 0.381. The Hall–Kier alpha value is -2.69. The number of carbonyl (C=O) groups is 2. The molecule has 0 saturated heterocycles. The van der Waals surface area contributed by atoms with E-state index in [2.05, 4.69) is 5.10 Å². The second-order valence-corrected chi connectivity index (χ2v) is 6.77. The minimum atomic E-state index is -0.0349. The summed E-state index contributed by atoms with van der Waals surface area (Å²) in [5.74, 6) is 0.0629. The van der Waals surface area contributed by atoms with Crippen LogP contribution in [0.25, 0.3) is 5.57 Å². The zero-order valence-electron chi connectivity index (χ0n) is 15.7. The smallest absolute Gasteiger partial charge is 0.227 e. The number of aryl methyl sites for hydroxylation is 2. The van der Waals surface area contributed by atoms with Crippen LogP contribution in [-0.2, 0) is 22.7 Å². The number of amides is 1. The lowest BCUT2D eigenvalue weighted by atomic mass is 9.99. The molecule has 1 aliphatic rings. The van der Waals surface area contributed by atoms with Crippen molar-refractivity contribution in [3.8, 4) is 0 Å². The lowest BCUT2D eigenvalue weighted by Crippen LogP contribution is -2.27. The minimum Gasteiger partial charge on any atom is -0.341 e. The maximum atomic E-state index is 12.7. The molecule has 1 aromatic carbocycles. The standard InChI is InChI=1S/C21H25N3O2/c1-4-24-14-17(15(2)22-24)13-23(3)21(26)12-19-18(10-11-20(19)25)16-8-6-5-7-9-16/h5-9,14H,4,10-13H2,1-3H3. The van der Waals surface area contributed by atoms with Gasteiger partial charge >= 0.3 is 0 Å². The van der Waals surface area contributed by atoms with Gasteiger partial charge in [-0.1, -0.05) is 30.3 Å². The van der Waals surface area contributed by atoms with Gasteiger partial charge in [0.15, 0.2) is 5.78 Å². The highest BCUT2D eigenvalue weighted by Crippen LogP contribution is 2.33. The molecule has 136 valence electrons. The van der Waals surface area contributed by atoms with Crippen LogP contribution in [-0.4, -0.2) is 33.4 Å². The Kier molecular flexibility index (Phi) is 5.35. The van der Waals surface area contributed by atoms with Gasteiger partial charge in [-0.05, 0) is 31.4 Å². The summed E-state index contributed by atoms with van der Waals surface area (Å²) < 4.78 is 1.87. The molecule has 3 rings (SSSR count). The van der Waals surface area contributed by atoms with E-state index >= 15 is 0 Å². The number of Topliss-reactive ketones (excluding diaryl/α,β-unsaturated/α-hetero) is 1. The van der Waals surface area contributed by atoms with Crippen LogP contribution in [0.1, 0.15) is 43.0 Å². The Labute approximate surface area is 154 Å². The number of benzene rings is 1. The van der Waals surface area contributed by atoms with E-state index in [0.717, 1.165) is 35.4 Å². The van der Waals surface area contributed by atoms with Gasteiger partial charge in [0.1, 0.15) is 0 Å². The van der Waals surface area contributed by atoms with Crippen LogP contribution in [0.2, 0.25) is 0 Å². The summed E-state index contributed by atoms with van der Waals surface area (Å²) in [6.45, 7) is 5.30. The van der Waals surface area contributed by atoms with Gasteiger partial charge in [0.2, 0.25) is 5.91 Å². The van der Waals surface area contributed by atoms with Crippen LogP contribution < -0.4 is 0 Å². The quantitative estimate of drug-likeness (QED) is 0.802. The Morgan fingerprint density at radius 1 is 1.23 bits per heavy atom. The molecule has 0 atom stereocenters. The fourth-order valence-corrected chi connectivity index (χ4v) is 3.38. The molecular formula is C21H25N3O2. The van der Waals surface area contributed by atoms with Gasteiger partial charge in [-0.15, -0.1) is 0 Å². The average Bonchev–Trinajstić information content (AvgIpc) is 3.18. The Bertz CT molecular complexity index is 849. The van der Waals surface area contributed by atoms with E-state index in [9.17, 15) is 9.59 Å². The Morgan fingerprint density at radius 2 is 1.96 bits per heavy atom. The highest BCUT2D eigenvalue weighted by atomic mass is 16.2. The molecular weight excluding hydrogens is 326 g/mol. The molecule has 1 heterocycles. The Balaban J connectivity index is 1.75. The molecule has 1 amide bonds. The summed E-state index contributed by atoms with van der Waals surface area (Å²) in [4.78, 5) is 26.7. The van der Waals surface area contributed by atoms with Crippen LogP contribution in [0.3, 0.4) is 0 Å². The average molecular weight is 351 g/mol. The number of rotatable bonds is 6. The van der Waals surface area contributed by atoms with Crippen molar-refractivity contribution < 1.29 is 9.59 Å². The van der Waals surface area contributed by atoms with Crippen molar-refractivity contribution >= 4 is 17.3 Å². The fourth-order valence-electron chi connectivity index (χ4n) is 3.38. The van der Waals surface area contributed by atoms with Gasteiger partial charge in [0, 0.05) is 43.9 Å². The molecule has 1 aliphatic carbocycles. The van der Waals surface area contributed by atoms with Crippen LogP contribution in [0.4, 0.5) is 0 Å². The highest BCUT2D eigenvalue weighted by Gasteiger charge is 2.27. The topological polar surface area (TPSA) is 55.2 Å². The van der Waals surface area contributed by atoms with Crippen molar-refractivity contribution in [2.24, 2.45) is 0 Å². The van der Waals surface area contributed by atoms with E-state index in [-0.39, 0.29) is 18.1 Å². The third kappa shape index (κ3) is 3.77. The first-order chi connectivity index (χ1) is 12.5. The van der Waals surface area contributed by atoms with Gasteiger partial charge < -0.3 is 4.90 Å². The van der Waals surface area contributed by atoms with E-state index in [1.165, 1.54) is 0 Å². The summed E-state index contributed by atoms with van der Waals surface area (Å²) in [5.41, 5.74) is 4.72. The first-order valence-corrected chi connectivity index (χ1v) is 9.07. The number of ketones is 1. The van der Waals surface area contributed by atoms with E-state index < -0.39 is 0 Å². The van der Waals surface area contributed by atoms with Crippen LogP contribution in [0.15, 0.2) is 42.1 Å². The number of nitrogens with zero attached hydrogens (tertiary/aromatic N) is 3. The van der Waals surface area contributed by atoms with Gasteiger partial charge in [0.25, 0.3) is 0 Å². The van der Waals surface area contributed by atoms with Crippen molar-refractivity contribution in [2.75, 3.05) is 7.05 Å². The van der Waals surface area contributed by atoms with Crippen molar-refractivity contribution in [2.45, 2.75) is 46.2 Å². The summed E-state index contributed by atoms with van der Waals surface area (Å²) in [5, 5.41) is 4.42. The second kappa shape index (κ2) is 7.68. The second-order valence-electron chi connectivity index (χ2n) is 6.77.